The van der Waals surface area contributed by atoms with E-state index in [0.29, 0.717) is 5.56 Å². The van der Waals surface area contributed by atoms with Gasteiger partial charge in [0.15, 0.2) is 0 Å². The number of benzene rings is 1. The third-order valence-corrected chi connectivity index (χ3v) is 5.84. The molecule has 1 aromatic carbocycles. The smallest absolute Gasteiger partial charge is 0.337 e. The van der Waals surface area contributed by atoms with Crippen molar-refractivity contribution in [2.75, 3.05) is 7.11 Å². The normalized spacial score (nSPS) is 11.4. The first kappa shape index (κ1) is 17.4. The number of carbonyl (C=O) groups excluding carboxylic acids is 1. The van der Waals surface area contributed by atoms with Crippen molar-refractivity contribution in [3.8, 4) is 11.3 Å². The van der Waals surface area contributed by atoms with Gasteiger partial charge < -0.3 is 9.15 Å². The summed E-state index contributed by atoms with van der Waals surface area (Å²) in [6.45, 7) is 0.173. The van der Waals surface area contributed by atoms with Crippen molar-refractivity contribution in [2.24, 2.45) is 0 Å². The summed E-state index contributed by atoms with van der Waals surface area (Å²) in [7, 11) is -2.40. The molecule has 3 aromatic rings. The fourth-order valence-corrected chi connectivity index (χ4v) is 4.09. The van der Waals surface area contributed by atoms with Gasteiger partial charge in [-0.25, -0.2) is 17.9 Å². The molecule has 0 fully saturated rings. The first-order chi connectivity index (χ1) is 12.0. The minimum Gasteiger partial charge on any atom is -0.465 e. The van der Waals surface area contributed by atoms with Crippen LogP contribution in [0.3, 0.4) is 0 Å². The number of esters is 1. The molecule has 0 amide bonds. The lowest BCUT2D eigenvalue weighted by molar-refractivity contribution is 0.0600. The van der Waals surface area contributed by atoms with Gasteiger partial charge in [-0.3, -0.25) is 0 Å². The van der Waals surface area contributed by atoms with Gasteiger partial charge >= 0.3 is 5.97 Å². The Morgan fingerprint density at radius 1 is 1.24 bits per heavy atom. The molecule has 2 heterocycles. The number of furan rings is 1. The molecule has 3 rings (SSSR count). The van der Waals surface area contributed by atoms with E-state index in [1.54, 1.807) is 12.3 Å². The highest BCUT2D eigenvalue weighted by molar-refractivity contribution is 7.89. The molecule has 8 heteroatoms. The van der Waals surface area contributed by atoms with Gasteiger partial charge in [0.2, 0.25) is 10.0 Å². The molecule has 0 aliphatic carbocycles. The highest BCUT2D eigenvalue weighted by atomic mass is 32.2. The van der Waals surface area contributed by atoms with Crippen LogP contribution in [0, 0.1) is 0 Å². The number of hydrogen-bond acceptors (Lipinski definition) is 6. The van der Waals surface area contributed by atoms with Crippen LogP contribution in [0.15, 0.2) is 63.4 Å². The van der Waals surface area contributed by atoms with E-state index in [1.807, 2.05) is 17.5 Å². The molecule has 2 aromatic heterocycles. The number of ether oxygens (including phenoxy) is 1. The molecule has 0 bridgehead atoms. The van der Waals surface area contributed by atoms with Crippen molar-refractivity contribution in [1.82, 2.24) is 4.72 Å². The molecule has 0 radical (unpaired) electrons. The molecular weight excluding hydrogens is 362 g/mol. The molecule has 0 aliphatic heterocycles. The first-order valence-corrected chi connectivity index (χ1v) is 9.65. The largest absolute Gasteiger partial charge is 0.465 e. The highest BCUT2D eigenvalue weighted by Gasteiger charge is 2.16. The fourth-order valence-electron chi connectivity index (χ4n) is 2.18. The second kappa shape index (κ2) is 7.22. The summed E-state index contributed by atoms with van der Waals surface area (Å²) >= 11 is 1.44. The van der Waals surface area contributed by atoms with Gasteiger partial charge in [-0.15, -0.1) is 11.3 Å². The van der Waals surface area contributed by atoms with Crippen molar-refractivity contribution in [3.05, 3.63) is 64.5 Å². The van der Waals surface area contributed by atoms with E-state index in [2.05, 4.69) is 9.46 Å². The summed E-state index contributed by atoms with van der Waals surface area (Å²) < 4.78 is 37.2. The zero-order valence-electron chi connectivity index (χ0n) is 13.3. The predicted molar refractivity (Wildman–Crippen MR) is 93.8 cm³/mol. The van der Waals surface area contributed by atoms with Crippen LogP contribution in [-0.4, -0.2) is 21.5 Å². The minimum atomic E-state index is -3.67. The molecule has 1 N–H and O–H groups in total. The van der Waals surface area contributed by atoms with Gasteiger partial charge in [-0.1, -0.05) is 0 Å². The second-order valence-electron chi connectivity index (χ2n) is 5.12. The van der Waals surface area contributed by atoms with Crippen LogP contribution in [-0.2, 0) is 21.3 Å². The maximum absolute atomic E-state index is 12.4. The van der Waals surface area contributed by atoms with Crippen molar-refractivity contribution >= 4 is 27.3 Å². The van der Waals surface area contributed by atoms with Crippen LogP contribution in [0.5, 0.6) is 0 Å². The quantitative estimate of drug-likeness (QED) is 0.666. The molecule has 25 heavy (non-hydrogen) atoms. The SMILES string of the molecule is COC(=O)c1ccc(S(=O)(=O)NCc2cc(-c3ccco3)cs2)cc1. The number of rotatable bonds is 6. The third-order valence-electron chi connectivity index (χ3n) is 3.48. The summed E-state index contributed by atoms with van der Waals surface area (Å²) in [5.74, 6) is 0.227. The first-order valence-electron chi connectivity index (χ1n) is 7.29. The minimum absolute atomic E-state index is 0.0861. The van der Waals surface area contributed by atoms with E-state index in [-0.39, 0.29) is 11.4 Å². The van der Waals surface area contributed by atoms with E-state index in [0.717, 1.165) is 16.2 Å². The molecule has 0 atom stereocenters. The van der Waals surface area contributed by atoms with Crippen LogP contribution in [0.25, 0.3) is 11.3 Å². The lowest BCUT2D eigenvalue weighted by Crippen LogP contribution is -2.22. The van der Waals surface area contributed by atoms with E-state index < -0.39 is 16.0 Å². The standard InChI is InChI=1S/C17H15NO5S2/c1-22-17(19)12-4-6-15(7-5-12)25(20,21)18-10-14-9-13(11-24-14)16-3-2-8-23-16/h2-9,11,18H,10H2,1H3. The highest BCUT2D eigenvalue weighted by Crippen LogP contribution is 2.26. The molecule has 130 valence electrons. The number of thiophene rings is 1. The summed E-state index contributed by atoms with van der Waals surface area (Å²) in [4.78, 5) is 12.3. The Morgan fingerprint density at radius 2 is 2.00 bits per heavy atom. The Labute approximate surface area is 149 Å². The Hall–Kier alpha value is -2.42. The van der Waals surface area contributed by atoms with Crippen LogP contribution >= 0.6 is 11.3 Å². The van der Waals surface area contributed by atoms with E-state index in [1.165, 1.54) is 42.7 Å². The van der Waals surface area contributed by atoms with Gasteiger partial charge in [-0.05, 0) is 42.5 Å². The zero-order valence-corrected chi connectivity index (χ0v) is 14.9. The number of sulfonamides is 1. The Kier molecular flexibility index (Phi) is 5.03. The van der Waals surface area contributed by atoms with Gasteiger partial charge in [0.05, 0.1) is 23.8 Å². The Bertz CT molecular complexity index is 957. The summed E-state index contributed by atoms with van der Waals surface area (Å²) in [6.07, 6.45) is 1.59. The van der Waals surface area contributed by atoms with Crippen LogP contribution in [0.2, 0.25) is 0 Å². The average molecular weight is 377 g/mol. The Balaban J connectivity index is 1.68. The Morgan fingerprint density at radius 3 is 2.64 bits per heavy atom. The van der Waals surface area contributed by atoms with Crippen LogP contribution < -0.4 is 4.72 Å². The van der Waals surface area contributed by atoms with Gasteiger partial charge in [0, 0.05) is 22.4 Å². The molecule has 0 aliphatic rings. The van der Waals surface area contributed by atoms with Gasteiger partial charge in [0.25, 0.3) is 0 Å². The van der Waals surface area contributed by atoms with E-state index in [4.69, 9.17) is 4.42 Å². The van der Waals surface area contributed by atoms with Crippen molar-refractivity contribution < 1.29 is 22.4 Å². The van der Waals surface area contributed by atoms with Crippen LogP contribution in [0.1, 0.15) is 15.2 Å². The third kappa shape index (κ3) is 3.98. The number of methoxy groups -OCH3 is 1. The summed E-state index contributed by atoms with van der Waals surface area (Å²) in [5, 5.41) is 1.91. The lowest BCUT2D eigenvalue weighted by atomic mass is 10.2. The van der Waals surface area contributed by atoms with Crippen LogP contribution in [0.4, 0.5) is 0 Å². The van der Waals surface area contributed by atoms with Crippen molar-refractivity contribution in [3.63, 3.8) is 0 Å². The lowest BCUT2D eigenvalue weighted by Gasteiger charge is -2.06. The zero-order chi connectivity index (χ0) is 17.9. The molecule has 0 unspecified atom stereocenters. The molecule has 0 saturated heterocycles. The predicted octanol–water partition coefficient (Wildman–Crippen LogP) is 3.27. The topological polar surface area (TPSA) is 85.6 Å². The average Bonchev–Trinajstić information content (AvgIpc) is 3.30. The molecular formula is C17H15NO5S2. The monoisotopic (exact) mass is 377 g/mol. The molecule has 6 nitrogen and oxygen atoms in total. The molecule has 0 spiro atoms. The maximum atomic E-state index is 12.4. The number of carbonyl (C=O) groups is 1. The number of nitrogens with one attached hydrogen (secondary N) is 1. The molecule has 0 saturated carbocycles. The fraction of sp³-hybridized carbons (Fsp3) is 0.118. The maximum Gasteiger partial charge on any atom is 0.337 e. The van der Waals surface area contributed by atoms with Gasteiger partial charge in [-0.2, -0.15) is 0 Å². The van der Waals surface area contributed by atoms with Crippen molar-refractivity contribution in [2.45, 2.75) is 11.4 Å². The number of hydrogen-bond donors (Lipinski definition) is 1. The van der Waals surface area contributed by atoms with E-state index >= 15 is 0 Å². The van der Waals surface area contributed by atoms with Gasteiger partial charge in [0.1, 0.15) is 5.76 Å². The van der Waals surface area contributed by atoms with E-state index in [9.17, 15) is 13.2 Å². The summed E-state index contributed by atoms with van der Waals surface area (Å²) in [6, 6.07) is 11.1. The summed E-state index contributed by atoms with van der Waals surface area (Å²) in [5.41, 5.74) is 1.20. The van der Waals surface area contributed by atoms with Crippen molar-refractivity contribution in [1.29, 1.82) is 0 Å². The second-order valence-corrected chi connectivity index (χ2v) is 7.88.